The molecule has 2 aliphatic heterocycles. The fourth-order valence-corrected chi connectivity index (χ4v) is 18.4. The first-order chi connectivity index (χ1) is 62.2. The van der Waals surface area contributed by atoms with E-state index < -0.39 is 100 Å². The molecule has 0 fully saturated rings. The van der Waals surface area contributed by atoms with Gasteiger partial charge in [0, 0.05) is 55.8 Å². The van der Waals surface area contributed by atoms with Crippen LogP contribution in [0.15, 0.2) is 254 Å². The molecular weight excluding hydrogens is 1470 g/mol. The number of rotatable bonds is 9. The van der Waals surface area contributed by atoms with Gasteiger partial charge in [-0.2, -0.15) is 0 Å². The van der Waals surface area contributed by atoms with Gasteiger partial charge in [-0.05, 0) is 231 Å². The highest BCUT2D eigenvalue weighted by Gasteiger charge is 2.48. The third-order valence-electron chi connectivity index (χ3n) is 25.6. The summed E-state index contributed by atoms with van der Waals surface area (Å²) in [6, 6.07) is 59.1. The van der Waals surface area contributed by atoms with Crippen LogP contribution in [0.5, 0.6) is 0 Å². The number of benzene rings is 13. The number of nitrogens with zero attached hydrogens (tertiary/aromatic N) is 3. The van der Waals surface area contributed by atoms with Crippen LogP contribution in [0.2, 0.25) is 0 Å². The van der Waals surface area contributed by atoms with Crippen LogP contribution in [0, 0.1) is 0 Å². The van der Waals surface area contributed by atoms with Crippen LogP contribution in [0.3, 0.4) is 0 Å². The van der Waals surface area contributed by atoms with Gasteiger partial charge in [-0.1, -0.05) is 402 Å². The molecule has 3 nitrogen and oxygen atoms in total. The van der Waals surface area contributed by atoms with Crippen LogP contribution in [0.4, 0.5) is 34.1 Å². The summed E-state index contributed by atoms with van der Waals surface area (Å²) in [7, 11) is 0. The zero-order valence-electron chi connectivity index (χ0n) is 91.2. The topological polar surface area (TPSA) is 11.4 Å². The third-order valence-corrected chi connectivity index (χ3v) is 25.6. The summed E-state index contributed by atoms with van der Waals surface area (Å²) in [4.78, 5) is 4.85. The molecule has 3 heterocycles. The summed E-state index contributed by atoms with van der Waals surface area (Å²) < 4.78 is 130. The van der Waals surface area contributed by atoms with Crippen LogP contribution in [0.1, 0.15) is 281 Å². The van der Waals surface area contributed by atoms with E-state index >= 15 is 0 Å². The van der Waals surface area contributed by atoms with E-state index in [9.17, 15) is 16.4 Å². The molecule has 4 heteroatoms. The first kappa shape index (κ1) is 69.8. The van der Waals surface area contributed by atoms with E-state index in [-0.39, 0.29) is 72.2 Å². The molecule has 0 N–H and O–H groups in total. The maximum Gasteiger partial charge on any atom is 0.252 e. The van der Waals surface area contributed by atoms with Gasteiger partial charge < -0.3 is 14.4 Å². The largest absolute Gasteiger partial charge is 0.310 e. The zero-order valence-corrected chi connectivity index (χ0v) is 78.2. The second kappa shape index (κ2) is 29.5. The van der Waals surface area contributed by atoms with Gasteiger partial charge >= 0.3 is 0 Å². The van der Waals surface area contributed by atoms with Crippen molar-refractivity contribution in [2.75, 3.05) is 9.80 Å². The molecule has 0 unspecified atom stereocenters. The molecule has 0 saturated heterocycles. The van der Waals surface area contributed by atoms with E-state index in [2.05, 4.69) is 381 Å². The smallest absolute Gasteiger partial charge is 0.252 e. The van der Waals surface area contributed by atoms with Crippen molar-refractivity contribution in [1.29, 1.82) is 0 Å². The summed E-state index contributed by atoms with van der Waals surface area (Å²) in [6.07, 6.45) is 0. The molecule has 2 aliphatic rings. The first-order valence-corrected chi connectivity index (χ1v) is 43.9. The van der Waals surface area contributed by atoms with E-state index in [1.165, 1.54) is 0 Å². The molecule has 1 aromatic heterocycles. The fourth-order valence-electron chi connectivity index (χ4n) is 18.4. The number of fused-ring (bicyclic) bond motifs is 7. The lowest BCUT2D eigenvalue weighted by Gasteiger charge is -2.46. The zero-order chi connectivity index (χ0) is 99.1. The van der Waals surface area contributed by atoms with Gasteiger partial charge in [0.2, 0.25) is 0 Å². The molecule has 122 heavy (non-hydrogen) atoms. The number of hydrogen-bond donors (Lipinski definition) is 0. The van der Waals surface area contributed by atoms with Crippen LogP contribution in [-0.2, 0) is 54.1 Å². The van der Waals surface area contributed by atoms with Crippen molar-refractivity contribution >= 4 is 79.0 Å². The molecule has 0 atom stereocenters. The van der Waals surface area contributed by atoms with Crippen LogP contribution in [-0.4, -0.2) is 11.3 Å². The van der Waals surface area contributed by atoms with Gasteiger partial charge in [-0.15, -0.1) is 0 Å². The van der Waals surface area contributed by atoms with Gasteiger partial charge in [0.25, 0.3) is 6.71 Å². The lowest BCUT2D eigenvalue weighted by molar-refractivity contribution is 0.568. The van der Waals surface area contributed by atoms with E-state index in [0.29, 0.717) is 22.6 Å². The Morgan fingerprint density at radius 1 is 0.238 bits per heavy atom. The molecule has 0 radical (unpaired) electrons. The number of para-hydroxylation sites is 2. The Morgan fingerprint density at radius 3 is 1.08 bits per heavy atom. The predicted molar refractivity (Wildman–Crippen MR) is 534 cm³/mol. The molecule has 14 aromatic rings. The Balaban J connectivity index is 1.26. The van der Waals surface area contributed by atoms with Crippen molar-refractivity contribution in [2.24, 2.45) is 0 Å². The minimum Gasteiger partial charge on any atom is -0.310 e. The summed E-state index contributed by atoms with van der Waals surface area (Å²) in [5, 5.41) is -0.165. The minimum atomic E-state index is -0.775. The predicted octanol–water partition coefficient (Wildman–Crippen LogP) is 31.8. The highest BCUT2D eigenvalue weighted by molar-refractivity contribution is 7.00. The first-order valence-electron chi connectivity index (χ1n) is 50.4. The Kier molecular flexibility index (Phi) is 16.9. The molecule has 0 amide bonds. The Morgan fingerprint density at radius 2 is 0.607 bits per heavy atom. The highest BCUT2D eigenvalue weighted by Crippen LogP contribution is 2.59. The maximum absolute atomic E-state index is 10.6. The molecule has 0 aliphatic carbocycles. The molecule has 622 valence electrons. The number of anilines is 6. The average molecular weight is 1620 g/mol. The van der Waals surface area contributed by atoms with Gasteiger partial charge in [-0.25, -0.2) is 0 Å². The van der Waals surface area contributed by atoms with E-state index in [1.54, 1.807) is 4.57 Å². The van der Waals surface area contributed by atoms with Crippen LogP contribution >= 0.6 is 0 Å². The van der Waals surface area contributed by atoms with Crippen molar-refractivity contribution in [2.45, 2.75) is 262 Å². The minimum absolute atomic E-state index is 0.00152. The third kappa shape index (κ3) is 15.4. The molecule has 0 saturated carbocycles. The lowest BCUT2D eigenvalue weighted by atomic mass is 9.33. The number of hydrogen-bond acceptors (Lipinski definition) is 2. The normalized spacial score (nSPS) is 15.3. The Labute approximate surface area is 751 Å². The molecule has 0 bridgehead atoms. The quantitative estimate of drug-likeness (QED) is 0.133. The fraction of sp³-hybridized carbons (Fsp3) is 0.339. The summed E-state index contributed by atoms with van der Waals surface area (Å²) >= 11 is 0. The lowest BCUT2D eigenvalue weighted by Crippen LogP contribution is -2.61. The van der Waals surface area contributed by atoms with Crippen molar-refractivity contribution in [1.82, 2.24) is 4.57 Å². The van der Waals surface area contributed by atoms with E-state index in [0.717, 1.165) is 145 Å². The Bertz CT molecular complexity index is 7160. The average Bonchev–Trinajstić information content (AvgIpc) is 1.47. The molecule has 13 aromatic carbocycles. The van der Waals surface area contributed by atoms with Crippen molar-refractivity contribution in [3.63, 3.8) is 0 Å². The van der Waals surface area contributed by atoms with Crippen LogP contribution < -0.4 is 26.2 Å². The van der Waals surface area contributed by atoms with Crippen LogP contribution in [0.25, 0.3) is 94.3 Å². The van der Waals surface area contributed by atoms with E-state index in [1.807, 2.05) is 12.1 Å². The van der Waals surface area contributed by atoms with Gasteiger partial charge in [-0.3, -0.25) is 0 Å². The van der Waals surface area contributed by atoms with Gasteiger partial charge in [0.05, 0.1) is 45.9 Å². The van der Waals surface area contributed by atoms with Crippen molar-refractivity contribution in [3.05, 3.63) is 310 Å². The van der Waals surface area contributed by atoms with Gasteiger partial charge in [0.1, 0.15) is 0 Å². The van der Waals surface area contributed by atoms with Crippen molar-refractivity contribution < 1.29 is 17.8 Å². The summed E-state index contributed by atoms with van der Waals surface area (Å²) in [5.41, 5.74) is 23.5. The highest BCUT2D eigenvalue weighted by atomic mass is 15.2. The SMILES string of the molecule is [2H]c1c([2H])c([2H])c(-c2ccc3c(c2)N(c2c(-c4ccccc4C(C)(C)C)cc(C(C)(C)C)cc2-c2ccc(C(C)(C)C)cc2C(C)(C)C)c2cc(-n4c5c([2H])c([2H])c([2H])c([2H])c5c5c([2H])c([2H])c([2H])c([2H])c54)cc4c2B3c2ccc(-c3cc(C(C)(C)C)cc(C(C)(C)C)c3)cc2N4c2c(-c3ccc(C(C)(C)C)cc3)cc(C(C)(C)C)cc2-c2cc(C(C)(C)C)ccc2C(C)(C)C)c([2H])c1[2H]. The summed E-state index contributed by atoms with van der Waals surface area (Å²) in [6.45, 7) is 67.1. The molecular formula is C118H132BN3. The molecule has 16 rings (SSSR count). The monoisotopic (exact) mass is 1620 g/mol. The van der Waals surface area contributed by atoms with Gasteiger partial charge in [0.15, 0.2) is 0 Å². The Hall–Kier alpha value is -10.7. The van der Waals surface area contributed by atoms with E-state index in [4.69, 9.17) is 1.37 Å². The second-order valence-corrected chi connectivity index (χ2v) is 45.1. The van der Waals surface area contributed by atoms with Crippen molar-refractivity contribution in [3.8, 4) is 72.4 Å². The molecule has 0 spiro atoms. The summed E-state index contributed by atoms with van der Waals surface area (Å²) in [5.74, 6) is 0. The maximum atomic E-state index is 10.6. The standard InChI is InChI=1S/C118H132BN3/c1-109(2,3)78-52-48-74(49-53-78)90-66-83(114(16,17)18)69-94(91-65-79(110(4,5)6)55-57-96(91)117(25,26)27)107(90)121-103-63-76(77-60-81(112(10,11)12)64-82(61-77)113(13,14)15)51-59-99(103)119-98-58-50-75(73-40-32-31-33-41-73)62-102(98)122(105-72-85(71-104(121)106(105)119)120-100-46-38-35-43-88(100)89-44-36-39-47-101(89)120)108-92(86-42-34-37-45-95(86)116(22,23)24)67-84(115(19,20)21)68-93(108)87-56-54-80(111(7,8)9)70-97(87)118(28,29)30/h31-72H,1-30H3/i31D,32D,33D,35D,36D,38D,39D,40D,41D,43D,44D,46D,47D. The number of aromatic nitrogens is 1. The second-order valence-electron chi connectivity index (χ2n) is 45.1.